The van der Waals surface area contributed by atoms with Crippen molar-refractivity contribution in [2.24, 2.45) is 5.92 Å². The number of nitrogens with zero attached hydrogens (tertiary/aromatic N) is 1. The van der Waals surface area contributed by atoms with E-state index in [9.17, 15) is 0 Å². The van der Waals surface area contributed by atoms with E-state index in [0.717, 1.165) is 18.0 Å². The van der Waals surface area contributed by atoms with Crippen molar-refractivity contribution in [3.8, 4) is 0 Å². The van der Waals surface area contributed by atoms with Crippen molar-refractivity contribution in [3.05, 3.63) is 0 Å². The van der Waals surface area contributed by atoms with Crippen LogP contribution in [-0.4, -0.2) is 36.6 Å². The van der Waals surface area contributed by atoms with Gasteiger partial charge in [0.05, 0.1) is 0 Å². The Bertz CT molecular complexity index is 177. The Morgan fingerprint density at radius 2 is 1.67 bits per heavy atom. The zero-order valence-electron chi connectivity index (χ0n) is 10.3. The van der Waals surface area contributed by atoms with Crippen LogP contribution in [0.15, 0.2) is 0 Å². The lowest BCUT2D eigenvalue weighted by Crippen LogP contribution is -2.39. The van der Waals surface area contributed by atoms with Crippen LogP contribution in [0.1, 0.15) is 46.0 Å². The van der Waals surface area contributed by atoms with E-state index in [-0.39, 0.29) is 0 Å². The zero-order chi connectivity index (χ0) is 10.7. The quantitative estimate of drug-likeness (QED) is 0.749. The van der Waals surface area contributed by atoms with Gasteiger partial charge in [-0.3, -0.25) is 0 Å². The standard InChI is InChI=1S/C13H26N2/c1-3-15(4-2)8-7-11-9-12-5-6-13(10-11)14-12/h11-14H,3-10H2,1-2H3. The molecule has 2 atom stereocenters. The summed E-state index contributed by atoms with van der Waals surface area (Å²) in [6.07, 6.45) is 7.19. The van der Waals surface area contributed by atoms with E-state index in [2.05, 4.69) is 24.1 Å². The van der Waals surface area contributed by atoms with E-state index < -0.39 is 0 Å². The SMILES string of the molecule is CCN(CC)CCC1CC2CCC(C1)N2. The van der Waals surface area contributed by atoms with Gasteiger partial charge in [0.15, 0.2) is 0 Å². The van der Waals surface area contributed by atoms with E-state index in [1.165, 1.54) is 51.7 Å². The molecule has 0 saturated carbocycles. The minimum Gasteiger partial charge on any atom is -0.311 e. The third-order valence-electron chi connectivity index (χ3n) is 4.32. The van der Waals surface area contributed by atoms with Gasteiger partial charge in [0, 0.05) is 12.1 Å². The lowest BCUT2D eigenvalue weighted by Gasteiger charge is -2.30. The molecule has 2 heteroatoms. The van der Waals surface area contributed by atoms with Crippen molar-refractivity contribution in [1.29, 1.82) is 0 Å². The maximum absolute atomic E-state index is 3.72. The molecular formula is C13H26N2. The molecule has 88 valence electrons. The molecule has 15 heavy (non-hydrogen) atoms. The fourth-order valence-electron chi connectivity index (χ4n) is 3.32. The van der Waals surface area contributed by atoms with Crippen LogP contribution >= 0.6 is 0 Å². The molecule has 2 unspecified atom stereocenters. The first-order chi connectivity index (χ1) is 7.31. The molecule has 2 saturated heterocycles. The van der Waals surface area contributed by atoms with Crippen LogP contribution < -0.4 is 5.32 Å². The summed E-state index contributed by atoms with van der Waals surface area (Å²) in [5.74, 6) is 1.00. The highest BCUT2D eigenvalue weighted by Gasteiger charge is 2.32. The second-order valence-corrected chi connectivity index (χ2v) is 5.29. The van der Waals surface area contributed by atoms with E-state index in [1.807, 2.05) is 0 Å². The molecule has 0 aromatic rings. The first-order valence-corrected chi connectivity index (χ1v) is 6.80. The smallest absolute Gasteiger partial charge is 0.00728 e. The Morgan fingerprint density at radius 3 is 2.20 bits per heavy atom. The van der Waals surface area contributed by atoms with Crippen molar-refractivity contribution < 1.29 is 0 Å². The summed E-state index contributed by atoms with van der Waals surface area (Å²) in [5, 5.41) is 3.72. The number of fused-ring (bicyclic) bond motifs is 2. The Morgan fingerprint density at radius 1 is 1.07 bits per heavy atom. The van der Waals surface area contributed by atoms with Gasteiger partial charge in [0.25, 0.3) is 0 Å². The minimum atomic E-state index is 0.866. The first-order valence-electron chi connectivity index (χ1n) is 6.80. The molecule has 0 spiro atoms. The van der Waals surface area contributed by atoms with Crippen LogP contribution in [0.25, 0.3) is 0 Å². The number of rotatable bonds is 5. The molecular weight excluding hydrogens is 184 g/mol. The number of piperidine rings is 1. The number of nitrogens with one attached hydrogen (secondary N) is 1. The minimum absolute atomic E-state index is 0.866. The largest absolute Gasteiger partial charge is 0.311 e. The third-order valence-corrected chi connectivity index (χ3v) is 4.32. The van der Waals surface area contributed by atoms with Crippen LogP contribution in [0, 0.1) is 5.92 Å². The molecule has 2 heterocycles. The molecule has 2 bridgehead atoms. The highest BCUT2D eigenvalue weighted by atomic mass is 15.1. The molecule has 0 radical (unpaired) electrons. The van der Waals surface area contributed by atoms with Crippen molar-refractivity contribution in [1.82, 2.24) is 10.2 Å². The molecule has 0 amide bonds. The summed E-state index contributed by atoms with van der Waals surface area (Å²) >= 11 is 0. The van der Waals surface area contributed by atoms with E-state index in [1.54, 1.807) is 0 Å². The Balaban J connectivity index is 1.71. The maximum Gasteiger partial charge on any atom is 0.00728 e. The van der Waals surface area contributed by atoms with Crippen molar-refractivity contribution in [2.75, 3.05) is 19.6 Å². The summed E-state index contributed by atoms with van der Waals surface area (Å²) in [5.41, 5.74) is 0. The molecule has 2 fully saturated rings. The summed E-state index contributed by atoms with van der Waals surface area (Å²) in [6.45, 7) is 8.30. The van der Waals surface area contributed by atoms with E-state index in [0.29, 0.717) is 0 Å². The van der Waals surface area contributed by atoms with Gasteiger partial charge >= 0.3 is 0 Å². The summed E-state index contributed by atoms with van der Waals surface area (Å²) in [7, 11) is 0. The maximum atomic E-state index is 3.72. The molecule has 0 aromatic heterocycles. The zero-order valence-corrected chi connectivity index (χ0v) is 10.3. The lowest BCUT2D eigenvalue weighted by atomic mass is 9.89. The van der Waals surface area contributed by atoms with Crippen LogP contribution in [0.4, 0.5) is 0 Å². The van der Waals surface area contributed by atoms with Crippen molar-refractivity contribution in [2.45, 2.75) is 58.0 Å². The van der Waals surface area contributed by atoms with E-state index >= 15 is 0 Å². The van der Waals surface area contributed by atoms with Gasteiger partial charge in [-0.05, 0) is 57.7 Å². The van der Waals surface area contributed by atoms with Crippen LogP contribution in [0.2, 0.25) is 0 Å². The Labute approximate surface area is 94.4 Å². The number of hydrogen-bond donors (Lipinski definition) is 1. The summed E-state index contributed by atoms with van der Waals surface area (Å²) in [4.78, 5) is 2.56. The van der Waals surface area contributed by atoms with Crippen LogP contribution in [-0.2, 0) is 0 Å². The molecule has 2 rings (SSSR count). The fourth-order valence-corrected chi connectivity index (χ4v) is 3.32. The van der Waals surface area contributed by atoms with Crippen molar-refractivity contribution in [3.63, 3.8) is 0 Å². The van der Waals surface area contributed by atoms with Gasteiger partial charge in [-0.1, -0.05) is 13.8 Å². The molecule has 1 N–H and O–H groups in total. The van der Waals surface area contributed by atoms with Gasteiger partial charge in [-0.25, -0.2) is 0 Å². The normalized spacial score (nSPS) is 35.0. The van der Waals surface area contributed by atoms with Gasteiger partial charge in [0.2, 0.25) is 0 Å². The topological polar surface area (TPSA) is 15.3 Å². The summed E-state index contributed by atoms with van der Waals surface area (Å²) < 4.78 is 0. The highest BCUT2D eigenvalue weighted by molar-refractivity contribution is 4.91. The first kappa shape index (κ1) is 11.4. The molecule has 2 aliphatic rings. The van der Waals surface area contributed by atoms with Gasteiger partial charge in [-0.15, -0.1) is 0 Å². The summed E-state index contributed by atoms with van der Waals surface area (Å²) in [6, 6.07) is 1.73. The lowest BCUT2D eigenvalue weighted by molar-refractivity contribution is 0.230. The van der Waals surface area contributed by atoms with Crippen LogP contribution in [0.3, 0.4) is 0 Å². The van der Waals surface area contributed by atoms with Gasteiger partial charge in [-0.2, -0.15) is 0 Å². The molecule has 0 aliphatic carbocycles. The third kappa shape index (κ3) is 2.94. The van der Waals surface area contributed by atoms with Gasteiger partial charge in [0.1, 0.15) is 0 Å². The van der Waals surface area contributed by atoms with Gasteiger partial charge < -0.3 is 10.2 Å². The Kier molecular flexibility index (Phi) is 4.04. The molecule has 2 nitrogen and oxygen atoms in total. The highest BCUT2D eigenvalue weighted by Crippen LogP contribution is 2.32. The number of hydrogen-bond acceptors (Lipinski definition) is 2. The monoisotopic (exact) mass is 210 g/mol. The second-order valence-electron chi connectivity index (χ2n) is 5.29. The average molecular weight is 210 g/mol. The average Bonchev–Trinajstić information content (AvgIpc) is 2.60. The second kappa shape index (κ2) is 5.31. The molecule has 2 aliphatic heterocycles. The Hall–Kier alpha value is -0.0800. The van der Waals surface area contributed by atoms with Crippen LogP contribution in [0.5, 0.6) is 0 Å². The fraction of sp³-hybridized carbons (Fsp3) is 1.00. The van der Waals surface area contributed by atoms with Crippen molar-refractivity contribution >= 4 is 0 Å². The van der Waals surface area contributed by atoms with E-state index in [4.69, 9.17) is 0 Å². The predicted octanol–water partition coefficient (Wildman–Crippen LogP) is 2.25. The predicted molar refractivity (Wildman–Crippen MR) is 65.1 cm³/mol. The molecule has 0 aromatic carbocycles.